The van der Waals surface area contributed by atoms with E-state index in [4.69, 9.17) is 16.3 Å². The molecule has 1 aliphatic rings. The molecule has 22 heavy (non-hydrogen) atoms. The zero-order chi connectivity index (χ0) is 15.9. The van der Waals surface area contributed by atoms with Gasteiger partial charge < -0.3 is 4.74 Å². The average Bonchev–Trinajstić information content (AvgIpc) is 3.16. The van der Waals surface area contributed by atoms with Gasteiger partial charge >= 0.3 is 0 Å². The van der Waals surface area contributed by atoms with Crippen molar-refractivity contribution in [3.8, 4) is 23.1 Å². The standard InChI is InChI=1S/C15H11ClFN3O2/c1-20-11(2-5-19-20)13-9(7-18)12(6-10(16)14(13)17)22-15(8-21)3-4-15/h2,5-6,8H,3-4H2,1H3. The van der Waals surface area contributed by atoms with Crippen LogP contribution in [0.4, 0.5) is 4.39 Å². The van der Waals surface area contributed by atoms with Crippen LogP contribution in [0, 0.1) is 17.1 Å². The number of rotatable bonds is 4. The summed E-state index contributed by atoms with van der Waals surface area (Å²) in [6.45, 7) is 0. The second-order valence-corrected chi connectivity index (χ2v) is 5.56. The maximum absolute atomic E-state index is 14.5. The van der Waals surface area contributed by atoms with E-state index < -0.39 is 11.4 Å². The Balaban J connectivity index is 2.21. The van der Waals surface area contributed by atoms with Gasteiger partial charge in [-0.25, -0.2) is 4.39 Å². The van der Waals surface area contributed by atoms with Gasteiger partial charge in [-0.15, -0.1) is 0 Å². The van der Waals surface area contributed by atoms with E-state index in [1.807, 2.05) is 6.07 Å². The third-order valence-corrected chi connectivity index (χ3v) is 3.92. The minimum Gasteiger partial charge on any atom is -0.478 e. The minimum absolute atomic E-state index is 0.00127. The van der Waals surface area contributed by atoms with Gasteiger partial charge in [0.15, 0.2) is 17.7 Å². The van der Waals surface area contributed by atoms with Gasteiger partial charge in [0.2, 0.25) is 0 Å². The summed E-state index contributed by atoms with van der Waals surface area (Å²) < 4.78 is 21.5. The number of aryl methyl sites for hydroxylation is 1. The van der Waals surface area contributed by atoms with Crippen molar-refractivity contribution in [1.29, 1.82) is 5.26 Å². The summed E-state index contributed by atoms with van der Waals surface area (Å²) in [4.78, 5) is 11.1. The Hall–Kier alpha value is -2.39. The van der Waals surface area contributed by atoms with Gasteiger partial charge in [-0.2, -0.15) is 10.4 Å². The summed E-state index contributed by atoms with van der Waals surface area (Å²) in [7, 11) is 1.63. The van der Waals surface area contributed by atoms with Gasteiger partial charge in [-0.1, -0.05) is 11.6 Å². The van der Waals surface area contributed by atoms with E-state index >= 15 is 0 Å². The molecule has 0 aliphatic heterocycles. The molecule has 1 aromatic carbocycles. The first-order valence-corrected chi connectivity index (χ1v) is 6.95. The molecule has 1 aliphatic carbocycles. The highest BCUT2D eigenvalue weighted by atomic mass is 35.5. The van der Waals surface area contributed by atoms with E-state index in [0.717, 1.165) is 0 Å². The highest BCUT2D eigenvalue weighted by Crippen LogP contribution is 2.43. The molecule has 3 rings (SSSR count). The van der Waals surface area contributed by atoms with E-state index in [0.29, 0.717) is 24.8 Å². The molecule has 0 atom stereocenters. The van der Waals surface area contributed by atoms with Crippen molar-refractivity contribution in [2.24, 2.45) is 7.05 Å². The van der Waals surface area contributed by atoms with Gasteiger partial charge in [0, 0.05) is 19.3 Å². The first-order valence-electron chi connectivity index (χ1n) is 6.57. The number of ether oxygens (including phenoxy) is 1. The number of benzene rings is 1. The summed E-state index contributed by atoms with van der Waals surface area (Å²) in [6, 6.07) is 4.75. The van der Waals surface area contributed by atoms with Gasteiger partial charge in [0.25, 0.3) is 0 Å². The van der Waals surface area contributed by atoms with Crippen molar-refractivity contribution >= 4 is 17.9 Å². The Kier molecular flexibility index (Phi) is 3.38. The van der Waals surface area contributed by atoms with E-state index in [1.165, 1.54) is 16.9 Å². The van der Waals surface area contributed by atoms with Crippen LogP contribution in [0.25, 0.3) is 11.3 Å². The Labute approximate surface area is 130 Å². The normalized spacial score (nSPS) is 15.2. The van der Waals surface area contributed by atoms with Crippen LogP contribution >= 0.6 is 11.6 Å². The zero-order valence-electron chi connectivity index (χ0n) is 11.6. The molecule has 5 nitrogen and oxygen atoms in total. The number of hydrogen-bond donors (Lipinski definition) is 0. The van der Waals surface area contributed by atoms with Crippen LogP contribution in [0.1, 0.15) is 18.4 Å². The summed E-state index contributed by atoms with van der Waals surface area (Å²) in [5, 5.41) is 13.2. The first kappa shape index (κ1) is 14.5. The third-order valence-electron chi connectivity index (χ3n) is 3.64. The summed E-state index contributed by atoms with van der Waals surface area (Å²) in [5.41, 5.74) is -0.501. The number of halogens is 2. The number of nitriles is 1. The van der Waals surface area contributed by atoms with Crippen molar-refractivity contribution in [3.05, 3.63) is 34.7 Å². The molecule has 7 heteroatoms. The fourth-order valence-corrected chi connectivity index (χ4v) is 2.43. The number of nitrogens with zero attached hydrogens (tertiary/aromatic N) is 3. The predicted molar refractivity (Wildman–Crippen MR) is 77.0 cm³/mol. The molecule has 1 aromatic heterocycles. The Bertz CT molecular complexity index is 806. The van der Waals surface area contributed by atoms with Crippen LogP contribution in [0.5, 0.6) is 5.75 Å². The van der Waals surface area contributed by atoms with Crippen LogP contribution in [-0.4, -0.2) is 21.7 Å². The molecule has 0 amide bonds. The van der Waals surface area contributed by atoms with Crippen LogP contribution in [0.3, 0.4) is 0 Å². The Morgan fingerprint density at radius 1 is 1.59 bits per heavy atom. The average molecular weight is 320 g/mol. The molecule has 2 aromatic rings. The first-order chi connectivity index (χ1) is 10.5. The number of carbonyl (C=O) groups is 1. The molecule has 0 saturated heterocycles. The minimum atomic E-state index is -0.920. The number of aldehydes is 1. The molecule has 0 N–H and O–H groups in total. The maximum atomic E-state index is 14.5. The maximum Gasteiger partial charge on any atom is 0.164 e. The SMILES string of the molecule is Cn1nccc1-c1c(F)c(Cl)cc(OC2(C=O)CC2)c1C#N. The third kappa shape index (κ3) is 2.24. The number of carbonyl (C=O) groups excluding carboxylic acids is 1. The highest BCUT2D eigenvalue weighted by molar-refractivity contribution is 6.31. The zero-order valence-corrected chi connectivity index (χ0v) is 12.4. The van der Waals surface area contributed by atoms with Gasteiger partial charge in [0.1, 0.15) is 17.4 Å². The lowest BCUT2D eigenvalue weighted by Gasteiger charge is -2.16. The fourth-order valence-electron chi connectivity index (χ4n) is 2.24. The van der Waals surface area contributed by atoms with Crippen molar-refractivity contribution in [3.63, 3.8) is 0 Å². The second kappa shape index (κ2) is 5.11. The molecule has 1 heterocycles. The molecule has 0 radical (unpaired) electrons. The van der Waals surface area contributed by atoms with Gasteiger partial charge in [-0.3, -0.25) is 9.48 Å². The van der Waals surface area contributed by atoms with Crippen molar-refractivity contribution in [1.82, 2.24) is 9.78 Å². The highest BCUT2D eigenvalue weighted by Gasteiger charge is 2.46. The topological polar surface area (TPSA) is 67.9 Å². The van der Waals surface area contributed by atoms with Crippen LogP contribution in [0.15, 0.2) is 18.3 Å². The molecule has 1 saturated carbocycles. The summed E-state index contributed by atoms with van der Waals surface area (Å²) in [6.07, 6.45) is 3.33. The van der Waals surface area contributed by atoms with E-state index in [9.17, 15) is 14.4 Å². The fraction of sp³-hybridized carbons (Fsp3) is 0.267. The predicted octanol–water partition coefficient (Wildman–Crippen LogP) is 2.86. The second-order valence-electron chi connectivity index (χ2n) is 5.16. The molecule has 1 fully saturated rings. The summed E-state index contributed by atoms with van der Waals surface area (Å²) in [5.74, 6) is -0.611. The van der Waals surface area contributed by atoms with E-state index in [1.54, 1.807) is 13.1 Å². The van der Waals surface area contributed by atoms with Gasteiger partial charge in [-0.05, 0) is 18.9 Å². The van der Waals surface area contributed by atoms with Crippen molar-refractivity contribution in [2.45, 2.75) is 18.4 Å². The van der Waals surface area contributed by atoms with Gasteiger partial charge in [0.05, 0.1) is 16.3 Å². The lowest BCUT2D eigenvalue weighted by molar-refractivity contribution is -0.115. The largest absolute Gasteiger partial charge is 0.478 e. The van der Waals surface area contributed by atoms with Crippen LogP contribution in [-0.2, 0) is 11.8 Å². The number of aromatic nitrogens is 2. The monoisotopic (exact) mass is 319 g/mol. The molecule has 0 bridgehead atoms. The van der Waals surface area contributed by atoms with E-state index in [-0.39, 0.29) is 21.9 Å². The smallest absolute Gasteiger partial charge is 0.164 e. The van der Waals surface area contributed by atoms with Crippen LogP contribution < -0.4 is 4.74 Å². The molecule has 0 unspecified atom stereocenters. The Morgan fingerprint density at radius 2 is 2.32 bits per heavy atom. The van der Waals surface area contributed by atoms with Crippen molar-refractivity contribution < 1.29 is 13.9 Å². The molecule has 0 spiro atoms. The van der Waals surface area contributed by atoms with Crippen LogP contribution in [0.2, 0.25) is 5.02 Å². The Morgan fingerprint density at radius 3 is 2.82 bits per heavy atom. The number of hydrogen-bond acceptors (Lipinski definition) is 4. The quantitative estimate of drug-likeness (QED) is 0.813. The molecular formula is C15H11ClFN3O2. The lowest BCUT2D eigenvalue weighted by atomic mass is 10.0. The molecular weight excluding hydrogens is 309 g/mol. The van der Waals surface area contributed by atoms with E-state index in [2.05, 4.69) is 5.10 Å². The van der Waals surface area contributed by atoms with Crippen molar-refractivity contribution in [2.75, 3.05) is 0 Å². The molecule has 112 valence electrons. The summed E-state index contributed by atoms with van der Waals surface area (Å²) >= 11 is 5.93. The lowest BCUT2D eigenvalue weighted by Crippen LogP contribution is -2.20.